The van der Waals surface area contributed by atoms with Crippen molar-refractivity contribution in [3.05, 3.63) is 37.6 Å². The van der Waals surface area contributed by atoms with Crippen molar-refractivity contribution in [3.63, 3.8) is 0 Å². The second-order valence-electron chi connectivity index (χ2n) is 2.94. The molecular weight excluding hydrogens is 220 g/mol. The fourth-order valence-electron chi connectivity index (χ4n) is 0.319. The molecule has 98 valence electrons. The number of carbonyl (C=O) groups is 2. The zero-order valence-corrected chi connectivity index (χ0v) is 11.1. The fourth-order valence-corrected chi connectivity index (χ4v) is 0.319. The van der Waals surface area contributed by atoms with Gasteiger partial charge in [0.1, 0.15) is 0 Å². The van der Waals surface area contributed by atoms with E-state index in [1.165, 1.54) is 12.5 Å². The van der Waals surface area contributed by atoms with Gasteiger partial charge in [0.15, 0.2) is 0 Å². The summed E-state index contributed by atoms with van der Waals surface area (Å²) in [6, 6.07) is 0. The molecule has 0 amide bonds. The Bertz CT molecular complexity index is 250. The van der Waals surface area contributed by atoms with E-state index < -0.39 is 0 Å². The smallest absolute Gasteiger partial charge is 0.330 e. The summed E-state index contributed by atoms with van der Waals surface area (Å²) in [5.41, 5.74) is 1.17. The van der Waals surface area contributed by atoms with Crippen LogP contribution >= 0.6 is 0 Å². The molecule has 0 heterocycles. The van der Waals surface area contributed by atoms with Crippen LogP contribution in [0.1, 0.15) is 27.7 Å². The van der Waals surface area contributed by atoms with E-state index in [0.29, 0.717) is 6.61 Å². The normalized spacial score (nSPS) is 7.06. The van der Waals surface area contributed by atoms with E-state index in [0.717, 1.165) is 12.3 Å². The molecule has 0 saturated carbocycles. The highest BCUT2D eigenvalue weighted by atomic mass is 16.5. The number of esters is 2. The van der Waals surface area contributed by atoms with Gasteiger partial charge in [-0.2, -0.15) is 0 Å². The first-order valence-corrected chi connectivity index (χ1v) is 5.01. The molecule has 0 rings (SSSR count). The van der Waals surface area contributed by atoms with Gasteiger partial charge in [-0.1, -0.05) is 18.7 Å². The molecule has 0 aliphatic rings. The number of rotatable bonds is 3. The minimum absolute atomic E-state index is 0.329. The maximum atomic E-state index is 10.1. The molecule has 0 aliphatic heterocycles. The molecule has 0 aromatic carbocycles. The second-order valence-corrected chi connectivity index (χ2v) is 2.94. The van der Waals surface area contributed by atoms with Crippen LogP contribution in [0.15, 0.2) is 37.6 Å². The predicted octanol–water partition coefficient (Wildman–Crippen LogP) is 3.01. The monoisotopic (exact) mass is 242 g/mol. The van der Waals surface area contributed by atoms with E-state index in [1.807, 2.05) is 13.8 Å². The maximum Gasteiger partial charge on any atom is 0.330 e. The second kappa shape index (κ2) is 16.6. The lowest BCUT2D eigenvalue weighted by molar-refractivity contribution is -0.137. The van der Waals surface area contributed by atoms with Crippen LogP contribution < -0.4 is 0 Å². The number of hydrogen-bond donors (Lipinski definition) is 0. The molecule has 0 spiro atoms. The van der Waals surface area contributed by atoms with Crippen LogP contribution in [0.3, 0.4) is 0 Å². The highest BCUT2D eigenvalue weighted by Gasteiger charge is 1.86. The summed E-state index contributed by atoms with van der Waals surface area (Å²) in [7, 11) is 0. The van der Waals surface area contributed by atoms with Crippen molar-refractivity contribution in [1.82, 2.24) is 0 Å². The van der Waals surface area contributed by atoms with Gasteiger partial charge in [-0.05, 0) is 20.8 Å². The molecule has 0 saturated heterocycles. The average molecular weight is 242 g/mol. The van der Waals surface area contributed by atoms with Gasteiger partial charge in [-0.25, -0.2) is 4.79 Å². The van der Waals surface area contributed by atoms with Crippen molar-refractivity contribution >= 4 is 11.9 Å². The van der Waals surface area contributed by atoms with Crippen molar-refractivity contribution in [1.29, 1.82) is 0 Å². The van der Waals surface area contributed by atoms with Crippen LogP contribution in [-0.2, 0) is 19.1 Å². The van der Waals surface area contributed by atoms with Crippen molar-refractivity contribution in [2.45, 2.75) is 27.7 Å². The summed E-state index contributed by atoms with van der Waals surface area (Å²) in [5.74, 6) is -0.687. The van der Waals surface area contributed by atoms with Crippen molar-refractivity contribution in [2.24, 2.45) is 0 Å². The quantitative estimate of drug-likeness (QED) is 0.330. The molecule has 0 N–H and O–H groups in total. The summed E-state index contributed by atoms with van der Waals surface area (Å²) in [6.45, 7) is 17.4. The Hall–Kier alpha value is -1.84. The van der Waals surface area contributed by atoms with Gasteiger partial charge >= 0.3 is 11.9 Å². The molecule has 0 fully saturated rings. The number of allylic oxidation sites excluding steroid dienone is 1. The summed E-state index contributed by atoms with van der Waals surface area (Å²) in [4.78, 5) is 19.8. The van der Waals surface area contributed by atoms with Crippen LogP contribution in [0.5, 0.6) is 0 Å². The fraction of sp³-hybridized carbons (Fsp3) is 0.385. The van der Waals surface area contributed by atoms with Gasteiger partial charge in [0, 0.05) is 13.0 Å². The highest BCUT2D eigenvalue weighted by molar-refractivity contribution is 5.81. The highest BCUT2D eigenvalue weighted by Crippen LogP contribution is 1.74. The van der Waals surface area contributed by atoms with E-state index in [4.69, 9.17) is 0 Å². The third-order valence-electron chi connectivity index (χ3n) is 0.703. The first kappa shape index (κ1) is 20.6. The SMILES string of the molecule is C=C(C)C.C=CC(=O)OCC.C=COC(C)=O. The Morgan fingerprint density at radius 2 is 1.59 bits per heavy atom. The lowest BCUT2D eigenvalue weighted by Gasteiger charge is -1.90. The Kier molecular flexibility index (Phi) is 20.1. The van der Waals surface area contributed by atoms with Gasteiger partial charge in [0.25, 0.3) is 0 Å². The number of hydrogen-bond acceptors (Lipinski definition) is 4. The van der Waals surface area contributed by atoms with Gasteiger partial charge in [-0.3, -0.25) is 4.79 Å². The minimum Gasteiger partial charge on any atom is -0.463 e. The van der Waals surface area contributed by atoms with Crippen LogP contribution in [0, 0.1) is 0 Å². The number of carbonyl (C=O) groups excluding carboxylic acids is 2. The molecule has 17 heavy (non-hydrogen) atoms. The zero-order chi connectivity index (χ0) is 14.3. The Labute approximate surface area is 104 Å². The van der Waals surface area contributed by atoms with Gasteiger partial charge < -0.3 is 9.47 Å². The van der Waals surface area contributed by atoms with Gasteiger partial charge in [0.05, 0.1) is 12.9 Å². The molecule has 4 nitrogen and oxygen atoms in total. The molecule has 0 atom stereocenters. The zero-order valence-electron chi connectivity index (χ0n) is 11.1. The summed E-state index contributed by atoms with van der Waals surface area (Å²) >= 11 is 0. The van der Waals surface area contributed by atoms with Crippen molar-refractivity contribution in [2.75, 3.05) is 6.61 Å². The predicted molar refractivity (Wildman–Crippen MR) is 69.3 cm³/mol. The maximum absolute atomic E-state index is 10.1. The van der Waals surface area contributed by atoms with Crippen LogP contribution in [0.2, 0.25) is 0 Å². The lowest BCUT2D eigenvalue weighted by Crippen LogP contribution is -1.97. The first-order chi connectivity index (χ1) is 7.81. The molecule has 0 aliphatic carbocycles. The van der Waals surface area contributed by atoms with Gasteiger partial charge in [-0.15, -0.1) is 6.58 Å². The summed E-state index contributed by atoms with van der Waals surface area (Å²) in [5, 5.41) is 0. The average Bonchev–Trinajstić information content (AvgIpc) is 2.17. The summed E-state index contributed by atoms with van der Waals surface area (Å²) < 4.78 is 8.60. The number of ether oxygens (including phenoxy) is 2. The third kappa shape index (κ3) is 55.2. The largest absolute Gasteiger partial charge is 0.463 e. The van der Waals surface area contributed by atoms with Crippen LogP contribution in [0.4, 0.5) is 0 Å². The Morgan fingerprint density at radius 1 is 1.18 bits per heavy atom. The molecule has 0 unspecified atom stereocenters. The first-order valence-electron chi connectivity index (χ1n) is 5.01. The molecule has 0 bridgehead atoms. The third-order valence-corrected chi connectivity index (χ3v) is 0.703. The van der Waals surface area contributed by atoms with E-state index in [2.05, 4.69) is 29.2 Å². The summed E-state index contributed by atoms with van der Waals surface area (Å²) in [6.07, 6.45) is 2.24. The molecule has 4 heteroatoms. The topological polar surface area (TPSA) is 52.6 Å². The Morgan fingerprint density at radius 3 is 1.65 bits per heavy atom. The van der Waals surface area contributed by atoms with E-state index in [-0.39, 0.29) is 11.9 Å². The molecular formula is C13H22O4. The van der Waals surface area contributed by atoms with E-state index in [1.54, 1.807) is 6.92 Å². The molecule has 0 aromatic heterocycles. The van der Waals surface area contributed by atoms with Crippen LogP contribution in [-0.4, -0.2) is 18.5 Å². The molecule has 0 aromatic rings. The minimum atomic E-state index is -0.359. The standard InChI is InChI=1S/C5H8O2.C4H6O2.C4H8/c1-3-5(6)7-4-2;1-3-6-4(2)5;1-4(2)3/h3H,1,4H2,2H3;3H,1H2,2H3;1H2,2-3H3. The van der Waals surface area contributed by atoms with Crippen LogP contribution in [0.25, 0.3) is 0 Å². The van der Waals surface area contributed by atoms with Crippen molar-refractivity contribution in [3.8, 4) is 0 Å². The van der Waals surface area contributed by atoms with E-state index >= 15 is 0 Å². The van der Waals surface area contributed by atoms with Crippen molar-refractivity contribution < 1.29 is 19.1 Å². The Balaban J connectivity index is -0.000000180. The molecule has 0 radical (unpaired) electrons. The van der Waals surface area contributed by atoms with Gasteiger partial charge in [0.2, 0.25) is 0 Å². The lowest BCUT2D eigenvalue weighted by atomic mass is 10.4. The van der Waals surface area contributed by atoms with E-state index in [9.17, 15) is 9.59 Å².